The highest BCUT2D eigenvalue weighted by Crippen LogP contribution is 2.48. The van der Waals surface area contributed by atoms with Crippen LogP contribution in [0.25, 0.3) is 5.65 Å². The lowest BCUT2D eigenvalue weighted by molar-refractivity contribution is 0.0927. The third kappa shape index (κ3) is 3.02. The highest BCUT2D eigenvalue weighted by molar-refractivity contribution is 5.94. The van der Waals surface area contributed by atoms with Gasteiger partial charge in [-0.15, -0.1) is 0 Å². The Morgan fingerprint density at radius 3 is 2.74 bits per heavy atom. The van der Waals surface area contributed by atoms with Crippen LogP contribution in [-0.2, 0) is 5.41 Å². The van der Waals surface area contributed by atoms with Crippen molar-refractivity contribution in [2.45, 2.75) is 24.7 Å². The monoisotopic (exact) mass is 378 g/mol. The number of hydrogen-bond donors (Lipinski definition) is 1. The summed E-state index contributed by atoms with van der Waals surface area (Å²) in [5.74, 6) is -2.11. The zero-order valence-corrected chi connectivity index (χ0v) is 13.9. The van der Waals surface area contributed by atoms with E-state index < -0.39 is 35.1 Å². The second-order valence-corrected chi connectivity index (χ2v) is 6.54. The van der Waals surface area contributed by atoms with Crippen LogP contribution in [0.2, 0.25) is 0 Å². The standard InChI is InChI=1S/C18H14F4N4O/c19-10-1-2-11(12(20)7-10)18(3-4-18)9-24-17(27)15-14(16(21)22)25-13-8-23-5-6-26(13)15/h1-2,5-8,16H,3-4,9H2,(H,24,27). The van der Waals surface area contributed by atoms with E-state index >= 15 is 0 Å². The van der Waals surface area contributed by atoms with Gasteiger partial charge in [-0.05, 0) is 24.5 Å². The lowest BCUT2D eigenvalue weighted by atomic mass is 9.95. The fourth-order valence-electron chi connectivity index (χ4n) is 3.25. The van der Waals surface area contributed by atoms with Crippen molar-refractivity contribution >= 4 is 11.6 Å². The molecule has 0 bridgehead atoms. The van der Waals surface area contributed by atoms with Crippen molar-refractivity contribution in [1.82, 2.24) is 19.7 Å². The summed E-state index contributed by atoms with van der Waals surface area (Å²) in [6, 6.07) is 3.31. The number of aromatic nitrogens is 3. The van der Waals surface area contributed by atoms with Gasteiger partial charge in [0.05, 0.1) is 6.20 Å². The number of alkyl halides is 2. The molecule has 4 rings (SSSR count). The smallest absolute Gasteiger partial charge is 0.282 e. The minimum Gasteiger partial charge on any atom is -0.350 e. The predicted molar refractivity (Wildman–Crippen MR) is 87.5 cm³/mol. The summed E-state index contributed by atoms with van der Waals surface area (Å²) in [5.41, 5.74) is -1.14. The quantitative estimate of drug-likeness (QED) is 0.693. The summed E-state index contributed by atoms with van der Waals surface area (Å²) in [6.45, 7) is 0.0510. The minimum absolute atomic E-state index is 0.0510. The molecule has 1 saturated carbocycles. The van der Waals surface area contributed by atoms with Crippen molar-refractivity contribution in [2.24, 2.45) is 0 Å². The minimum atomic E-state index is -2.94. The predicted octanol–water partition coefficient (Wildman–Crippen LogP) is 3.41. The topological polar surface area (TPSA) is 59.3 Å². The number of benzene rings is 1. The molecule has 1 fully saturated rings. The molecule has 2 heterocycles. The van der Waals surface area contributed by atoms with Gasteiger partial charge < -0.3 is 5.32 Å². The molecule has 9 heteroatoms. The van der Waals surface area contributed by atoms with Crippen LogP contribution in [0.15, 0.2) is 36.8 Å². The van der Waals surface area contributed by atoms with Crippen LogP contribution in [0.5, 0.6) is 0 Å². The Labute approximate surface area is 151 Å². The number of hydrogen-bond acceptors (Lipinski definition) is 3. The van der Waals surface area contributed by atoms with E-state index in [4.69, 9.17) is 0 Å². The van der Waals surface area contributed by atoms with Crippen molar-refractivity contribution in [3.05, 3.63) is 65.4 Å². The Balaban J connectivity index is 1.60. The van der Waals surface area contributed by atoms with E-state index in [0.29, 0.717) is 18.4 Å². The summed E-state index contributed by atoms with van der Waals surface area (Å²) < 4.78 is 55.1. The van der Waals surface area contributed by atoms with Crippen LogP contribution in [0.4, 0.5) is 17.6 Å². The van der Waals surface area contributed by atoms with E-state index in [0.717, 1.165) is 12.1 Å². The van der Waals surface area contributed by atoms with Gasteiger partial charge in [0.15, 0.2) is 5.65 Å². The molecular formula is C18H14F4N4O. The molecular weight excluding hydrogens is 364 g/mol. The molecule has 0 spiro atoms. The number of carbonyl (C=O) groups excluding carboxylic acids is 1. The zero-order valence-electron chi connectivity index (χ0n) is 13.9. The summed E-state index contributed by atoms with van der Waals surface area (Å²) in [7, 11) is 0. The zero-order chi connectivity index (χ0) is 19.2. The summed E-state index contributed by atoms with van der Waals surface area (Å²) >= 11 is 0. The van der Waals surface area contributed by atoms with Gasteiger partial charge in [-0.2, -0.15) is 0 Å². The van der Waals surface area contributed by atoms with Crippen LogP contribution < -0.4 is 5.32 Å². The van der Waals surface area contributed by atoms with Crippen LogP contribution in [0.1, 0.15) is 41.0 Å². The van der Waals surface area contributed by atoms with Gasteiger partial charge in [0.2, 0.25) is 0 Å². The van der Waals surface area contributed by atoms with E-state index in [9.17, 15) is 22.4 Å². The van der Waals surface area contributed by atoms with E-state index in [-0.39, 0.29) is 17.9 Å². The van der Waals surface area contributed by atoms with Crippen LogP contribution in [0.3, 0.4) is 0 Å². The highest BCUT2D eigenvalue weighted by Gasteiger charge is 2.46. The van der Waals surface area contributed by atoms with E-state index in [1.54, 1.807) is 0 Å². The van der Waals surface area contributed by atoms with Crippen molar-refractivity contribution in [3.8, 4) is 0 Å². The Morgan fingerprint density at radius 1 is 1.30 bits per heavy atom. The Bertz CT molecular complexity index is 1030. The first-order chi connectivity index (χ1) is 12.9. The first-order valence-electron chi connectivity index (χ1n) is 8.25. The van der Waals surface area contributed by atoms with Gasteiger partial charge >= 0.3 is 0 Å². The molecule has 5 nitrogen and oxygen atoms in total. The highest BCUT2D eigenvalue weighted by atomic mass is 19.3. The maximum absolute atomic E-state index is 14.1. The van der Waals surface area contributed by atoms with E-state index in [1.807, 2.05) is 0 Å². The number of amides is 1. The molecule has 0 atom stereocenters. The molecule has 3 aromatic rings. The second-order valence-electron chi connectivity index (χ2n) is 6.54. The Morgan fingerprint density at radius 2 is 2.07 bits per heavy atom. The molecule has 2 aromatic heterocycles. The first-order valence-corrected chi connectivity index (χ1v) is 8.25. The molecule has 0 radical (unpaired) electrons. The van der Waals surface area contributed by atoms with Crippen LogP contribution in [-0.4, -0.2) is 26.8 Å². The van der Waals surface area contributed by atoms with Crippen LogP contribution in [0, 0.1) is 11.6 Å². The average Bonchev–Trinajstić information content (AvgIpc) is 3.30. The molecule has 1 aliphatic carbocycles. The summed E-state index contributed by atoms with van der Waals surface area (Å²) in [6.07, 6.45) is 2.28. The first kappa shape index (κ1) is 17.4. The number of nitrogens with zero attached hydrogens (tertiary/aromatic N) is 3. The molecule has 0 aliphatic heterocycles. The maximum atomic E-state index is 14.1. The number of imidazole rings is 1. The van der Waals surface area contributed by atoms with Gasteiger partial charge in [-0.1, -0.05) is 6.07 Å². The normalized spacial score (nSPS) is 15.3. The third-order valence-corrected chi connectivity index (χ3v) is 4.82. The van der Waals surface area contributed by atoms with Crippen molar-refractivity contribution in [3.63, 3.8) is 0 Å². The maximum Gasteiger partial charge on any atom is 0.282 e. The largest absolute Gasteiger partial charge is 0.350 e. The van der Waals surface area contributed by atoms with Gasteiger partial charge in [0.25, 0.3) is 12.3 Å². The van der Waals surface area contributed by atoms with E-state index in [2.05, 4.69) is 15.3 Å². The number of nitrogens with one attached hydrogen (secondary N) is 1. The summed E-state index contributed by atoms with van der Waals surface area (Å²) in [4.78, 5) is 20.2. The number of carbonyl (C=O) groups is 1. The van der Waals surface area contributed by atoms with Crippen LogP contribution >= 0.6 is 0 Å². The second kappa shape index (κ2) is 6.33. The Kier molecular flexibility index (Phi) is 4.09. The lowest BCUT2D eigenvalue weighted by Gasteiger charge is -2.17. The van der Waals surface area contributed by atoms with Gasteiger partial charge in [-0.25, -0.2) is 22.5 Å². The molecule has 1 aromatic carbocycles. The van der Waals surface area contributed by atoms with Crippen molar-refractivity contribution in [2.75, 3.05) is 6.54 Å². The fourth-order valence-corrected chi connectivity index (χ4v) is 3.25. The molecule has 0 unspecified atom stereocenters. The van der Waals surface area contributed by atoms with Gasteiger partial charge in [-0.3, -0.25) is 14.2 Å². The third-order valence-electron chi connectivity index (χ3n) is 4.82. The van der Waals surface area contributed by atoms with Crippen molar-refractivity contribution in [1.29, 1.82) is 0 Å². The Hall–Kier alpha value is -2.97. The fraction of sp³-hybridized carbons (Fsp3) is 0.278. The van der Waals surface area contributed by atoms with E-state index in [1.165, 1.54) is 29.1 Å². The summed E-state index contributed by atoms with van der Waals surface area (Å²) in [5, 5.41) is 2.60. The average molecular weight is 378 g/mol. The molecule has 1 aliphatic rings. The van der Waals surface area contributed by atoms with Crippen molar-refractivity contribution < 1.29 is 22.4 Å². The van der Waals surface area contributed by atoms with Gasteiger partial charge in [0.1, 0.15) is 23.0 Å². The number of rotatable bonds is 5. The molecule has 0 saturated heterocycles. The SMILES string of the molecule is O=C(NCC1(c2ccc(F)cc2F)CC1)c1c(C(F)F)nc2cnccn12. The number of fused-ring (bicyclic) bond motifs is 1. The van der Waals surface area contributed by atoms with Gasteiger partial charge in [0, 0.05) is 30.4 Å². The number of halogens is 4. The molecule has 27 heavy (non-hydrogen) atoms. The molecule has 1 N–H and O–H groups in total. The molecule has 140 valence electrons. The molecule has 1 amide bonds. The lowest BCUT2D eigenvalue weighted by Crippen LogP contribution is -2.34.